The molecule has 0 radical (unpaired) electrons. The van der Waals surface area contributed by atoms with Gasteiger partial charge in [-0.3, -0.25) is 0 Å². The van der Waals surface area contributed by atoms with Crippen LogP contribution in [-0.4, -0.2) is 0 Å². The van der Waals surface area contributed by atoms with E-state index < -0.39 is 0 Å². The van der Waals surface area contributed by atoms with Crippen LogP contribution in [0.3, 0.4) is 0 Å². The summed E-state index contributed by atoms with van der Waals surface area (Å²) in [5, 5.41) is 0. The summed E-state index contributed by atoms with van der Waals surface area (Å²) in [4.78, 5) is 0. The predicted octanol–water partition coefficient (Wildman–Crippen LogP) is 3.18. The van der Waals surface area contributed by atoms with Crippen LogP contribution in [0.2, 0.25) is 0 Å². The minimum atomic E-state index is 0. The Kier molecular flexibility index (Phi) is 11.0. The molecule has 3 N–H and O–H groups in total. The zero-order valence-corrected chi connectivity index (χ0v) is 8.04. The highest BCUT2D eigenvalue weighted by molar-refractivity contribution is 8.93. The fourth-order valence-electron chi connectivity index (χ4n) is 0. The molecule has 8 heavy (non-hydrogen) atoms. The van der Waals surface area contributed by atoms with Crippen LogP contribution in [0.4, 0.5) is 0 Å². The molecule has 0 aliphatic heterocycles. The fourth-order valence-corrected chi connectivity index (χ4v) is 0. The lowest BCUT2D eigenvalue weighted by atomic mass is 9.94. The van der Waals surface area contributed by atoms with Crippen molar-refractivity contribution in [3.8, 4) is 0 Å². The lowest BCUT2D eigenvalue weighted by Gasteiger charge is -2.12. The van der Waals surface area contributed by atoms with Gasteiger partial charge in [-0.05, 0) is 5.41 Å². The number of hydrogen-bond acceptors (Lipinski definition) is 1. The van der Waals surface area contributed by atoms with Gasteiger partial charge in [0, 0.05) is 0 Å². The topological polar surface area (TPSA) is 35.0 Å². The average molecular weight is 184 g/mol. The molecule has 0 atom stereocenters. The first kappa shape index (κ1) is 15.8. The minimum absolute atomic E-state index is 0. The molecule has 0 aliphatic carbocycles. The van der Waals surface area contributed by atoms with E-state index in [1.807, 2.05) is 0 Å². The average Bonchev–Trinajstić information content (AvgIpc) is 1.35. The molecule has 0 unspecified atom stereocenters. The quantitative estimate of drug-likeness (QED) is 0.616. The summed E-state index contributed by atoms with van der Waals surface area (Å²) in [6.07, 6.45) is 1.27. The third-order valence-corrected chi connectivity index (χ3v) is 1.06. The first-order chi connectivity index (χ1) is 2.56. The molecule has 0 spiro atoms. The van der Waals surface area contributed by atoms with Gasteiger partial charge in [-0.2, -0.15) is 0 Å². The van der Waals surface area contributed by atoms with Gasteiger partial charge in [-0.1, -0.05) is 34.1 Å². The molecule has 54 valence electrons. The minimum Gasteiger partial charge on any atom is -0.344 e. The summed E-state index contributed by atoms with van der Waals surface area (Å²) in [6, 6.07) is 0. The Balaban J connectivity index is -0.000000125. The lowest BCUT2D eigenvalue weighted by molar-refractivity contribution is 0.398. The van der Waals surface area contributed by atoms with Crippen LogP contribution in [-0.2, 0) is 0 Å². The Labute approximate surface area is 63.2 Å². The first-order valence-corrected chi connectivity index (χ1v) is 2.56. The van der Waals surface area contributed by atoms with E-state index in [-0.39, 0.29) is 23.1 Å². The van der Waals surface area contributed by atoms with Crippen molar-refractivity contribution in [1.82, 2.24) is 6.15 Å². The fraction of sp³-hybridized carbons (Fsp3) is 1.00. The second kappa shape index (κ2) is 5.57. The maximum absolute atomic E-state index is 2.24. The Morgan fingerprint density at radius 2 is 1.25 bits per heavy atom. The Morgan fingerprint density at radius 3 is 1.25 bits per heavy atom. The molecule has 2 heteroatoms. The molecule has 0 bridgehead atoms. The molecular formula is C6H18BrN. The van der Waals surface area contributed by atoms with Crippen molar-refractivity contribution < 1.29 is 0 Å². The summed E-state index contributed by atoms with van der Waals surface area (Å²) in [6.45, 7) is 8.94. The van der Waals surface area contributed by atoms with Gasteiger partial charge < -0.3 is 6.15 Å². The Hall–Kier alpha value is 0.440. The van der Waals surface area contributed by atoms with Gasteiger partial charge in [0.2, 0.25) is 0 Å². The summed E-state index contributed by atoms with van der Waals surface area (Å²) >= 11 is 0. The maximum atomic E-state index is 2.24. The van der Waals surface area contributed by atoms with Gasteiger partial charge in [0.1, 0.15) is 0 Å². The van der Waals surface area contributed by atoms with E-state index in [0.717, 1.165) is 0 Å². The highest BCUT2D eigenvalue weighted by Gasteiger charge is 2.03. The molecule has 1 nitrogen and oxygen atoms in total. The highest BCUT2D eigenvalue weighted by Crippen LogP contribution is 2.16. The van der Waals surface area contributed by atoms with E-state index in [0.29, 0.717) is 5.41 Å². The van der Waals surface area contributed by atoms with Gasteiger partial charge in [-0.25, -0.2) is 0 Å². The van der Waals surface area contributed by atoms with Crippen LogP contribution >= 0.6 is 17.0 Å². The SMILES string of the molecule is Br.CCC(C)(C)C.N. The molecule has 0 aliphatic rings. The van der Waals surface area contributed by atoms with Crippen molar-refractivity contribution in [3.05, 3.63) is 0 Å². The Bertz CT molecular complexity index is 38.3. The van der Waals surface area contributed by atoms with E-state index in [1.54, 1.807) is 0 Å². The van der Waals surface area contributed by atoms with Gasteiger partial charge in [0.25, 0.3) is 0 Å². The van der Waals surface area contributed by atoms with E-state index in [9.17, 15) is 0 Å². The lowest BCUT2D eigenvalue weighted by Crippen LogP contribution is -2.00. The van der Waals surface area contributed by atoms with E-state index >= 15 is 0 Å². The van der Waals surface area contributed by atoms with Crippen molar-refractivity contribution in [2.45, 2.75) is 34.1 Å². The van der Waals surface area contributed by atoms with E-state index in [2.05, 4.69) is 27.7 Å². The molecule has 0 aromatic heterocycles. The molecule has 0 aromatic rings. The maximum Gasteiger partial charge on any atom is -0.0385 e. The van der Waals surface area contributed by atoms with Crippen LogP contribution in [0, 0.1) is 5.41 Å². The summed E-state index contributed by atoms with van der Waals surface area (Å²) < 4.78 is 0. The number of hydrogen-bond donors (Lipinski definition) is 1. The van der Waals surface area contributed by atoms with Crippen LogP contribution < -0.4 is 6.15 Å². The first-order valence-electron chi connectivity index (χ1n) is 2.56. The summed E-state index contributed by atoms with van der Waals surface area (Å²) in [5.74, 6) is 0. The molecule has 0 amide bonds. The molecule has 0 heterocycles. The van der Waals surface area contributed by atoms with Crippen molar-refractivity contribution in [2.75, 3.05) is 0 Å². The van der Waals surface area contributed by atoms with Crippen LogP contribution in [0.15, 0.2) is 0 Å². The van der Waals surface area contributed by atoms with Crippen molar-refractivity contribution in [2.24, 2.45) is 5.41 Å². The summed E-state index contributed by atoms with van der Waals surface area (Å²) in [7, 11) is 0. The van der Waals surface area contributed by atoms with Gasteiger partial charge in [0.05, 0.1) is 0 Å². The van der Waals surface area contributed by atoms with Crippen LogP contribution in [0.5, 0.6) is 0 Å². The third-order valence-electron chi connectivity index (χ3n) is 1.06. The van der Waals surface area contributed by atoms with Crippen molar-refractivity contribution >= 4 is 17.0 Å². The number of halogens is 1. The second-order valence-electron chi connectivity index (χ2n) is 2.91. The highest BCUT2D eigenvalue weighted by atomic mass is 79.9. The molecule has 0 saturated carbocycles. The number of rotatable bonds is 0. The van der Waals surface area contributed by atoms with Crippen LogP contribution in [0.1, 0.15) is 34.1 Å². The molecule has 0 aromatic carbocycles. The monoisotopic (exact) mass is 183 g/mol. The zero-order valence-electron chi connectivity index (χ0n) is 6.32. The van der Waals surface area contributed by atoms with Crippen molar-refractivity contribution in [3.63, 3.8) is 0 Å². The summed E-state index contributed by atoms with van der Waals surface area (Å²) in [5.41, 5.74) is 0.542. The van der Waals surface area contributed by atoms with Gasteiger partial charge in [-0.15, -0.1) is 17.0 Å². The van der Waals surface area contributed by atoms with Gasteiger partial charge >= 0.3 is 0 Å². The van der Waals surface area contributed by atoms with E-state index in [1.165, 1.54) is 6.42 Å². The standard InChI is InChI=1S/C6H14.BrH.H3N/c1-5-6(2,3)4;;/h5H2,1-4H3;1H;1H3. The molecule has 0 rings (SSSR count). The predicted molar refractivity (Wildman–Crippen MR) is 45.1 cm³/mol. The molecular weight excluding hydrogens is 166 g/mol. The van der Waals surface area contributed by atoms with Crippen molar-refractivity contribution in [1.29, 1.82) is 0 Å². The smallest absolute Gasteiger partial charge is 0.0385 e. The third kappa shape index (κ3) is 16.1. The van der Waals surface area contributed by atoms with Crippen LogP contribution in [0.25, 0.3) is 0 Å². The van der Waals surface area contributed by atoms with Gasteiger partial charge in [0.15, 0.2) is 0 Å². The zero-order chi connectivity index (χ0) is 5.21. The normalized spacial score (nSPS) is 9.00. The molecule has 0 fully saturated rings. The largest absolute Gasteiger partial charge is 0.344 e. The molecule has 0 saturated heterocycles. The second-order valence-corrected chi connectivity index (χ2v) is 2.91. The van der Waals surface area contributed by atoms with E-state index in [4.69, 9.17) is 0 Å². The Morgan fingerprint density at radius 1 is 1.12 bits per heavy atom.